The van der Waals surface area contributed by atoms with E-state index in [4.69, 9.17) is 4.74 Å². The fourth-order valence-electron chi connectivity index (χ4n) is 2.04. The van der Waals surface area contributed by atoms with Crippen LogP contribution in [0, 0.1) is 17.0 Å². The number of rotatable bonds is 6. The summed E-state index contributed by atoms with van der Waals surface area (Å²) in [6.07, 6.45) is 0. The number of nitrogens with one attached hydrogen (secondary N) is 1. The maximum absolute atomic E-state index is 12.1. The molecule has 23 heavy (non-hydrogen) atoms. The van der Waals surface area contributed by atoms with Crippen molar-refractivity contribution in [1.29, 1.82) is 0 Å². The molecule has 1 amide bonds. The van der Waals surface area contributed by atoms with Crippen molar-refractivity contribution in [3.8, 4) is 5.75 Å². The predicted octanol–water partition coefficient (Wildman–Crippen LogP) is 3.10. The molecule has 120 valence electrons. The summed E-state index contributed by atoms with van der Waals surface area (Å²) in [6, 6.07) is 13.0. The van der Waals surface area contributed by atoms with Crippen LogP contribution in [-0.2, 0) is 0 Å². The Labute approximate surface area is 134 Å². The van der Waals surface area contributed by atoms with Gasteiger partial charge in [-0.05, 0) is 31.5 Å². The summed E-state index contributed by atoms with van der Waals surface area (Å²) in [5.74, 6) is 0.401. The maximum Gasteiger partial charge on any atom is 0.270 e. The highest BCUT2D eigenvalue weighted by molar-refractivity contribution is 5.94. The highest BCUT2D eigenvalue weighted by atomic mass is 16.6. The molecule has 1 N–H and O–H groups in total. The van der Waals surface area contributed by atoms with Gasteiger partial charge in [-0.2, -0.15) is 0 Å². The van der Waals surface area contributed by atoms with Crippen LogP contribution in [0.5, 0.6) is 5.75 Å². The molecule has 0 heterocycles. The molecule has 2 aromatic carbocycles. The third-order valence-corrected chi connectivity index (χ3v) is 3.28. The zero-order valence-electron chi connectivity index (χ0n) is 13.0. The van der Waals surface area contributed by atoms with Crippen molar-refractivity contribution < 1.29 is 14.5 Å². The molecule has 0 unspecified atom stereocenters. The van der Waals surface area contributed by atoms with Gasteiger partial charge in [0.15, 0.2) is 0 Å². The number of carbonyl (C=O) groups is 1. The summed E-state index contributed by atoms with van der Waals surface area (Å²) in [7, 11) is 0. The van der Waals surface area contributed by atoms with Crippen molar-refractivity contribution >= 4 is 11.6 Å². The van der Waals surface area contributed by atoms with Crippen LogP contribution in [0.1, 0.15) is 22.8 Å². The van der Waals surface area contributed by atoms with Crippen molar-refractivity contribution in [2.24, 2.45) is 0 Å². The molecule has 2 rings (SSSR count). The number of hydrogen-bond donors (Lipinski definition) is 1. The van der Waals surface area contributed by atoms with E-state index < -0.39 is 4.92 Å². The molecule has 0 aromatic heterocycles. The lowest BCUT2D eigenvalue weighted by Crippen LogP contribution is -2.36. The summed E-state index contributed by atoms with van der Waals surface area (Å²) in [5.41, 5.74) is 1.16. The monoisotopic (exact) mass is 314 g/mol. The number of para-hydroxylation sites is 1. The van der Waals surface area contributed by atoms with E-state index in [1.807, 2.05) is 38.1 Å². The van der Waals surface area contributed by atoms with Gasteiger partial charge in [0.25, 0.3) is 11.6 Å². The van der Waals surface area contributed by atoms with Crippen LogP contribution >= 0.6 is 0 Å². The number of amides is 1. The van der Waals surface area contributed by atoms with Gasteiger partial charge >= 0.3 is 0 Å². The first-order chi connectivity index (χ1) is 11.0. The number of aryl methyl sites for hydroxylation is 1. The SMILES string of the molecule is Cc1ccccc1OC[C@@H](C)NC(=O)c1cccc([N+](=O)[O-])c1. The second-order valence-corrected chi connectivity index (χ2v) is 5.26. The van der Waals surface area contributed by atoms with E-state index in [0.29, 0.717) is 6.61 Å². The van der Waals surface area contributed by atoms with Crippen molar-refractivity contribution in [3.05, 3.63) is 69.8 Å². The topological polar surface area (TPSA) is 81.5 Å². The molecule has 0 saturated carbocycles. The number of ether oxygens (including phenoxy) is 1. The molecule has 2 aromatic rings. The lowest BCUT2D eigenvalue weighted by atomic mass is 10.2. The Morgan fingerprint density at radius 3 is 2.70 bits per heavy atom. The second-order valence-electron chi connectivity index (χ2n) is 5.26. The predicted molar refractivity (Wildman–Crippen MR) is 86.7 cm³/mol. The number of nitrogens with zero attached hydrogens (tertiary/aromatic N) is 1. The third kappa shape index (κ3) is 4.54. The van der Waals surface area contributed by atoms with Crippen molar-refractivity contribution in [2.45, 2.75) is 19.9 Å². The van der Waals surface area contributed by atoms with Crippen molar-refractivity contribution in [1.82, 2.24) is 5.32 Å². The Balaban J connectivity index is 1.93. The van der Waals surface area contributed by atoms with Crippen LogP contribution in [0.4, 0.5) is 5.69 Å². The van der Waals surface area contributed by atoms with Gasteiger partial charge in [-0.3, -0.25) is 14.9 Å². The van der Waals surface area contributed by atoms with Crippen LogP contribution in [0.3, 0.4) is 0 Å². The molecule has 1 atom stereocenters. The van der Waals surface area contributed by atoms with Gasteiger partial charge in [-0.1, -0.05) is 24.3 Å². The van der Waals surface area contributed by atoms with Crippen LogP contribution in [0.2, 0.25) is 0 Å². The molecular weight excluding hydrogens is 296 g/mol. The van der Waals surface area contributed by atoms with Crippen molar-refractivity contribution in [3.63, 3.8) is 0 Å². The molecule has 0 fully saturated rings. The third-order valence-electron chi connectivity index (χ3n) is 3.28. The molecule has 6 nitrogen and oxygen atoms in total. The van der Waals surface area contributed by atoms with Gasteiger partial charge in [0, 0.05) is 17.7 Å². The summed E-state index contributed by atoms with van der Waals surface area (Å²) in [5, 5.41) is 13.5. The Bertz CT molecular complexity index is 715. The van der Waals surface area contributed by atoms with Gasteiger partial charge in [0.2, 0.25) is 0 Å². The van der Waals surface area contributed by atoms with E-state index >= 15 is 0 Å². The molecule has 0 radical (unpaired) electrons. The molecule has 0 aliphatic heterocycles. The second kappa shape index (κ2) is 7.40. The lowest BCUT2D eigenvalue weighted by Gasteiger charge is -2.16. The Hall–Kier alpha value is -2.89. The van der Waals surface area contributed by atoms with Gasteiger partial charge in [0.1, 0.15) is 12.4 Å². The molecular formula is C17H18N2O4. The van der Waals surface area contributed by atoms with Gasteiger partial charge in [-0.25, -0.2) is 0 Å². The summed E-state index contributed by atoms with van der Waals surface area (Å²) >= 11 is 0. The van der Waals surface area contributed by atoms with E-state index in [1.165, 1.54) is 24.3 Å². The van der Waals surface area contributed by atoms with Crippen LogP contribution < -0.4 is 10.1 Å². The normalized spacial score (nSPS) is 11.6. The number of nitro groups is 1. The molecule has 0 aliphatic carbocycles. The molecule has 6 heteroatoms. The Morgan fingerprint density at radius 2 is 2.00 bits per heavy atom. The minimum atomic E-state index is -0.526. The largest absolute Gasteiger partial charge is 0.491 e. The highest BCUT2D eigenvalue weighted by Crippen LogP contribution is 2.16. The zero-order chi connectivity index (χ0) is 16.8. The fraction of sp³-hybridized carbons (Fsp3) is 0.235. The molecule has 0 saturated heterocycles. The molecule has 0 spiro atoms. The number of carbonyl (C=O) groups excluding carboxylic acids is 1. The zero-order valence-corrected chi connectivity index (χ0v) is 13.0. The average molecular weight is 314 g/mol. The average Bonchev–Trinajstić information content (AvgIpc) is 2.54. The number of hydrogen-bond acceptors (Lipinski definition) is 4. The summed E-state index contributed by atoms with van der Waals surface area (Å²) in [6.45, 7) is 4.07. The van der Waals surface area contributed by atoms with E-state index in [-0.39, 0.29) is 23.2 Å². The standard InChI is InChI=1S/C17H18N2O4/c1-12-6-3-4-9-16(12)23-11-13(2)18-17(20)14-7-5-8-15(10-14)19(21)22/h3-10,13H,11H2,1-2H3,(H,18,20)/t13-/m1/s1. The summed E-state index contributed by atoms with van der Waals surface area (Å²) < 4.78 is 5.67. The first-order valence-electron chi connectivity index (χ1n) is 7.21. The maximum atomic E-state index is 12.1. The van der Waals surface area contributed by atoms with Crippen LogP contribution in [0.15, 0.2) is 48.5 Å². The molecule has 0 aliphatic rings. The van der Waals surface area contributed by atoms with E-state index in [2.05, 4.69) is 5.32 Å². The number of non-ortho nitro benzene ring substituents is 1. The minimum Gasteiger partial charge on any atom is -0.491 e. The Morgan fingerprint density at radius 1 is 1.26 bits per heavy atom. The fourth-order valence-corrected chi connectivity index (χ4v) is 2.04. The van der Waals surface area contributed by atoms with E-state index in [1.54, 1.807) is 0 Å². The number of nitro benzene ring substituents is 1. The Kier molecular flexibility index (Phi) is 5.30. The van der Waals surface area contributed by atoms with Crippen molar-refractivity contribution in [2.75, 3.05) is 6.61 Å². The van der Waals surface area contributed by atoms with Gasteiger partial charge in [0.05, 0.1) is 11.0 Å². The first kappa shape index (κ1) is 16.5. The van der Waals surface area contributed by atoms with Crippen LogP contribution in [-0.4, -0.2) is 23.5 Å². The first-order valence-corrected chi connectivity index (χ1v) is 7.21. The molecule has 0 bridgehead atoms. The van der Waals surface area contributed by atoms with Crippen LogP contribution in [0.25, 0.3) is 0 Å². The highest BCUT2D eigenvalue weighted by Gasteiger charge is 2.14. The van der Waals surface area contributed by atoms with E-state index in [9.17, 15) is 14.9 Å². The smallest absolute Gasteiger partial charge is 0.270 e. The number of benzene rings is 2. The van der Waals surface area contributed by atoms with Gasteiger partial charge in [-0.15, -0.1) is 0 Å². The minimum absolute atomic E-state index is 0.110. The van der Waals surface area contributed by atoms with E-state index in [0.717, 1.165) is 11.3 Å². The summed E-state index contributed by atoms with van der Waals surface area (Å²) in [4.78, 5) is 22.3. The van der Waals surface area contributed by atoms with Gasteiger partial charge < -0.3 is 10.1 Å². The quantitative estimate of drug-likeness (QED) is 0.656. The lowest BCUT2D eigenvalue weighted by molar-refractivity contribution is -0.384.